The number of benzene rings is 1. The van der Waals surface area contributed by atoms with Gasteiger partial charge in [-0.2, -0.15) is 0 Å². The molecule has 27 heavy (non-hydrogen) atoms. The highest BCUT2D eigenvalue weighted by atomic mass is 32.1. The minimum absolute atomic E-state index is 0.186. The molecule has 0 radical (unpaired) electrons. The quantitative estimate of drug-likeness (QED) is 0.765. The molecular weight excluding hydrogens is 356 g/mol. The van der Waals surface area contributed by atoms with E-state index in [2.05, 4.69) is 54.9 Å². The second kappa shape index (κ2) is 8.95. The minimum atomic E-state index is 0.186. The number of hydrogen-bond donors (Lipinski definition) is 0. The SMILES string of the molecule is CC1CN(C(=O)Cc2csc(-c3ccccc3)n2)CC(C)N1CCN(C)C. The maximum Gasteiger partial charge on any atom is 0.228 e. The van der Waals surface area contributed by atoms with Gasteiger partial charge in [-0.1, -0.05) is 30.3 Å². The predicted octanol–water partition coefficient (Wildman–Crippen LogP) is 2.84. The Morgan fingerprint density at radius 1 is 1.19 bits per heavy atom. The van der Waals surface area contributed by atoms with Crippen LogP contribution in [0.4, 0.5) is 0 Å². The zero-order chi connectivity index (χ0) is 19.4. The maximum atomic E-state index is 12.8. The number of thiazole rings is 1. The second-order valence-electron chi connectivity index (χ2n) is 7.72. The van der Waals surface area contributed by atoms with Crippen LogP contribution in [0.25, 0.3) is 10.6 Å². The van der Waals surface area contributed by atoms with Crippen LogP contribution in [0.1, 0.15) is 19.5 Å². The van der Waals surface area contributed by atoms with E-state index in [1.807, 2.05) is 28.5 Å². The Labute approximate surface area is 166 Å². The van der Waals surface area contributed by atoms with Crippen LogP contribution >= 0.6 is 11.3 Å². The van der Waals surface area contributed by atoms with Gasteiger partial charge in [0, 0.05) is 49.2 Å². The molecule has 2 unspecified atom stereocenters. The van der Waals surface area contributed by atoms with Gasteiger partial charge in [0.15, 0.2) is 0 Å². The zero-order valence-electron chi connectivity index (χ0n) is 16.8. The lowest BCUT2D eigenvalue weighted by molar-refractivity contribution is -0.134. The van der Waals surface area contributed by atoms with Crippen LogP contribution < -0.4 is 0 Å². The summed E-state index contributed by atoms with van der Waals surface area (Å²) >= 11 is 1.61. The van der Waals surface area contributed by atoms with Crippen molar-refractivity contribution in [3.63, 3.8) is 0 Å². The molecule has 146 valence electrons. The van der Waals surface area contributed by atoms with E-state index in [1.54, 1.807) is 11.3 Å². The van der Waals surface area contributed by atoms with Gasteiger partial charge < -0.3 is 9.80 Å². The minimum Gasteiger partial charge on any atom is -0.339 e. The lowest BCUT2D eigenvalue weighted by Crippen LogP contribution is -2.59. The summed E-state index contributed by atoms with van der Waals surface area (Å²) in [4.78, 5) is 24.3. The number of amides is 1. The lowest BCUT2D eigenvalue weighted by atomic mass is 10.1. The van der Waals surface area contributed by atoms with E-state index in [0.29, 0.717) is 18.5 Å². The molecule has 6 heteroatoms. The Hall–Kier alpha value is -1.76. The summed E-state index contributed by atoms with van der Waals surface area (Å²) in [6.07, 6.45) is 0.389. The van der Waals surface area contributed by atoms with E-state index in [0.717, 1.165) is 42.4 Å². The molecule has 1 aliphatic rings. The van der Waals surface area contributed by atoms with Crippen LogP contribution in [0.3, 0.4) is 0 Å². The highest BCUT2D eigenvalue weighted by Crippen LogP contribution is 2.24. The Kier molecular flexibility index (Phi) is 6.63. The molecule has 1 aromatic carbocycles. The van der Waals surface area contributed by atoms with Crippen molar-refractivity contribution in [2.75, 3.05) is 40.3 Å². The summed E-state index contributed by atoms with van der Waals surface area (Å²) in [7, 11) is 4.21. The van der Waals surface area contributed by atoms with Gasteiger partial charge in [0.2, 0.25) is 5.91 Å². The Balaban J connectivity index is 1.58. The lowest BCUT2D eigenvalue weighted by Gasteiger charge is -2.44. The van der Waals surface area contributed by atoms with E-state index in [9.17, 15) is 4.79 Å². The summed E-state index contributed by atoms with van der Waals surface area (Å²) in [5.41, 5.74) is 1.98. The number of likely N-dealkylation sites (N-methyl/N-ethyl adjacent to an activating group) is 1. The molecule has 2 heterocycles. The third-order valence-corrected chi connectivity index (χ3v) is 6.10. The van der Waals surface area contributed by atoms with Crippen molar-refractivity contribution in [1.82, 2.24) is 19.7 Å². The summed E-state index contributed by atoms with van der Waals surface area (Å²) in [5, 5.41) is 2.99. The van der Waals surface area contributed by atoms with Crippen LogP contribution in [0.5, 0.6) is 0 Å². The first kappa shape index (κ1) is 20.0. The standard InChI is InChI=1S/C21H30N4OS/c1-16-13-24(14-17(2)25(16)11-10-23(3)4)20(26)12-19-15-27-21(22-19)18-8-6-5-7-9-18/h5-9,15-17H,10-14H2,1-4H3. The topological polar surface area (TPSA) is 39.7 Å². The normalized spacial score (nSPS) is 21.0. The predicted molar refractivity (Wildman–Crippen MR) is 112 cm³/mol. The molecule has 1 aliphatic heterocycles. The smallest absolute Gasteiger partial charge is 0.228 e. The molecule has 0 spiro atoms. The monoisotopic (exact) mass is 386 g/mol. The third kappa shape index (κ3) is 5.15. The van der Waals surface area contributed by atoms with Crippen molar-refractivity contribution >= 4 is 17.2 Å². The Bertz CT molecular complexity index is 734. The van der Waals surface area contributed by atoms with E-state index in [1.165, 1.54) is 0 Å². The molecule has 0 aliphatic carbocycles. The fourth-order valence-electron chi connectivity index (χ4n) is 3.68. The number of aromatic nitrogens is 1. The molecule has 1 amide bonds. The van der Waals surface area contributed by atoms with Gasteiger partial charge in [-0.25, -0.2) is 4.98 Å². The van der Waals surface area contributed by atoms with Crippen LogP contribution in [0.2, 0.25) is 0 Å². The van der Waals surface area contributed by atoms with Gasteiger partial charge in [0.05, 0.1) is 12.1 Å². The van der Waals surface area contributed by atoms with Gasteiger partial charge >= 0.3 is 0 Å². The van der Waals surface area contributed by atoms with E-state index >= 15 is 0 Å². The van der Waals surface area contributed by atoms with E-state index < -0.39 is 0 Å². The fourth-order valence-corrected chi connectivity index (χ4v) is 4.51. The molecule has 0 N–H and O–H groups in total. The summed E-state index contributed by atoms with van der Waals surface area (Å²) in [6, 6.07) is 10.9. The Morgan fingerprint density at radius 3 is 2.48 bits per heavy atom. The number of hydrogen-bond acceptors (Lipinski definition) is 5. The van der Waals surface area contributed by atoms with E-state index in [-0.39, 0.29) is 5.91 Å². The largest absolute Gasteiger partial charge is 0.339 e. The number of rotatable bonds is 6. The average Bonchev–Trinajstić information content (AvgIpc) is 3.10. The molecule has 0 saturated carbocycles. The van der Waals surface area contributed by atoms with E-state index in [4.69, 9.17) is 0 Å². The van der Waals surface area contributed by atoms with Crippen LogP contribution in [-0.2, 0) is 11.2 Å². The number of piperazine rings is 1. The second-order valence-corrected chi connectivity index (χ2v) is 8.58. The van der Waals surface area contributed by atoms with Gasteiger partial charge in [0.25, 0.3) is 0 Å². The molecule has 2 atom stereocenters. The number of carbonyl (C=O) groups excluding carboxylic acids is 1. The van der Waals surface area contributed by atoms with Crippen LogP contribution in [0.15, 0.2) is 35.7 Å². The highest BCUT2D eigenvalue weighted by molar-refractivity contribution is 7.13. The van der Waals surface area contributed by atoms with Crippen LogP contribution in [0, 0.1) is 0 Å². The fraction of sp³-hybridized carbons (Fsp3) is 0.524. The first-order chi connectivity index (χ1) is 12.9. The molecule has 1 saturated heterocycles. The first-order valence-electron chi connectivity index (χ1n) is 9.62. The van der Waals surface area contributed by atoms with Crippen molar-refractivity contribution in [3.8, 4) is 10.6 Å². The van der Waals surface area contributed by atoms with Gasteiger partial charge in [-0.15, -0.1) is 11.3 Å². The molecule has 3 rings (SSSR count). The summed E-state index contributed by atoms with van der Waals surface area (Å²) in [6.45, 7) is 8.13. The molecular formula is C21H30N4OS. The number of nitrogens with zero attached hydrogens (tertiary/aromatic N) is 4. The molecule has 1 fully saturated rings. The van der Waals surface area contributed by atoms with Crippen molar-refractivity contribution < 1.29 is 4.79 Å². The molecule has 0 bridgehead atoms. The highest BCUT2D eigenvalue weighted by Gasteiger charge is 2.31. The summed E-state index contributed by atoms with van der Waals surface area (Å²) < 4.78 is 0. The van der Waals surface area contributed by atoms with Crippen molar-refractivity contribution in [3.05, 3.63) is 41.4 Å². The van der Waals surface area contributed by atoms with Gasteiger partial charge in [0.1, 0.15) is 5.01 Å². The van der Waals surface area contributed by atoms with Gasteiger partial charge in [-0.3, -0.25) is 9.69 Å². The average molecular weight is 387 g/mol. The maximum absolute atomic E-state index is 12.8. The Morgan fingerprint density at radius 2 is 1.85 bits per heavy atom. The third-order valence-electron chi connectivity index (χ3n) is 5.16. The summed E-state index contributed by atoms with van der Waals surface area (Å²) in [5.74, 6) is 0.186. The molecule has 1 aromatic heterocycles. The van der Waals surface area contributed by atoms with Gasteiger partial charge in [-0.05, 0) is 27.9 Å². The first-order valence-corrected chi connectivity index (χ1v) is 10.5. The van der Waals surface area contributed by atoms with Crippen molar-refractivity contribution in [2.45, 2.75) is 32.4 Å². The molecule has 5 nitrogen and oxygen atoms in total. The number of carbonyl (C=O) groups is 1. The van der Waals surface area contributed by atoms with Crippen molar-refractivity contribution in [2.24, 2.45) is 0 Å². The molecule has 2 aromatic rings. The zero-order valence-corrected chi connectivity index (χ0v) is 17.6. The van der Waals surface area contributed by atoms with Crippen molar-refractivity contribution in [1.29, 1.82) is 0 Å². The van der Waals surface area contributed by atoms with Crippen LogP contribution in [-0.4, -0.2) is 77.9 Å².